The van der Waals surface area contributed by atoms with E-state index in [1.165, 1.54) is 0 Å². The van der Waals surface area contributed by atoms with Crippen molar-refractivity contribution in [1.82, 2.24) is 9.88 Å². The van der Waals surface area contributed by atoms with Crippen molar-refractivity contribution >= 4 is 23.3 Å². The third-order valence-electron chi connectivity index (χ3n) is 5.25. The van der Waals surface area contributed by atoms with E-state index in [0.717, 1.165) is 24.5 Å². The third kappa shape index (κ3) is 5.09. The normalized spacial score (nSPS) is 13.7. The largest absolute Gasteiger partial charge is 0.493 e. The van der Waals surface area contributed by atoms with Crippen molar-refractivity contribution in [1.29, 1.82) is 0 Å². The summed E-state index contributed by atoms with van der Waals surface area (Å²) in [6, 6.07) is 19.0. The number of nitrogens with zero attached hydrogens (tertiary/aromatic N) is 3. The molecule has 3 aromatic rings. The van der Waals surface area contributed by atoms with Crippen LogP contribution in [-0.4, -0.2) is 49.1 Å². The third-order valence-corrected chi connectivity index (χ3v) is 5.47. The van der Waals surface area contributed by atoms with Crippen molar-refractivity contribution in [3.8, 4) is 11.5 Å². The summed E-state index contributed by atoms with van der Waals surface area (Å²) in [6.07, 6.45) is 1.64. The predicted octanol–water partition coefficient (Wildman–Crippen LogP) is 4.29. The van der Waals surface area contributed by atoms with Crippen LogP contribution in [0, 0.1) is 0 Å². The molecule has 0 radical (unpaired) electrons. The van der Waals surface area contributed by atoms with Gasteiger partial charge in [0, 0.05) is 37.9 Å². The lowest BCUT2D eigenvalue weighted by Gasteiger charge is -2.35. The summed E-state index contributed by atoms with van der Waals surface area (Å²) in [5, 5.41) is 0.614. The molecule has 1 aliphatic heterocycles. The highest BCUT2D eigenvalue weighted by atomic mass is 35.5. The molecular weight excluding hydrogens is 414 g/mol. The van der Waals surface area contributed by atoms with Crippen molar-refractivity contribution < 1.29 is 14.3 Å². The Balaban J connectivity index is 1.38. The van der Waals surface area contributed by atoms with Crippen LogP contribution in [0.25, 0.3) is 0 Å². The van der Waals surface area contributed by atoms with Gasteiger partial charge in [-0.15, -0.1) is 0 Å². The number of pyridine rings is 1. The molecule has 7 heteroatoms. The van der Waals surface area contributed by atoms with Crippen LogP contribution in [0.4, 0.5) is 5.82 Å². The maximum atomic E-state index is 13.0. The Kier molecular flexibility index (Phi) is 6.57. The second kappa shape index (κ2) is 9.71. The molecule has 160 valence electrons. The number of methoxy groups -OCH3 is 1. The minimum absolute atomic E-state index is 0.0170. The Hall–Kier alpha value is -3.25. The number of hydrogen-bond acceptors (Lipinski definition) is 5. The van der Waals surface area contributed by atoms with Crippen LogP contribution in [0.1, 0.15) is 15.9 Å². The second-order valence-corrected chi connectivity index (χ2v) is 7.69. The average molecular weight is 438 g/mol. The van der Waals surface area contributed by atoms with Gasteiger partial charge in [-0.1, -0.05) is 41.9 Å². The lowest BCUT2D eigenvalue weighted by molar-refractivity contribution is 0.0746. The van der Waals surface area contributed by atoms with Gasteiger partial charge in [0.2, 0.25) is 0 Å². The minimum Gasteiger partial charge on any atom is -0.493 e. The van der Waals surface area contributed by atoms with E-state index in [0.29, 0.717) is 41.8 Å². The molecule has 1 fully saturated rings. The highest BCUT2D eigenvalue weighted by Crippen LogP contribution is 2.29. The number of anilines is 1. The highest BCUT2D eigenvalue weighted by molar-refractivity contribution is 6.30. The van der Waals surface area contributed by atoms with E-state index in [4.69, 9.17) is 21.1 Å². The Morgan fingerprint density at radius 2 is 1.77 bits per heavy atom. The molecule has 0 atom stereocenters. The van der Waals surface area contributed by atoms with Gasteiger partial charge in [0.25, 0.3) is 5.91 Å². The Labute approximate surface area is 187 Å². The first-order valence-electron chi connectivity index (χ1n) is 10.1. The Morgan fingerprint density at radius 3 is 2.45 bits per heavy atom. The number of piperazine rings is 1. The van der Waals surface area contributed by atoms with E-state index >= 15 is 0 Å². The van der Waals surface area contributed by atoms with Crippen molar-refractivity contribution in [2.24, 2.45) is 0 Å². The van der Waals surface area contributed by atoms with E-state index in [2.05, 4.69) is 9.88 Å². The number of carbonyl (C=O) groups is 1. The fourth-order valence-corrected chi connectivity index (χ4v) is 3.64. The standard InChI is InChI=1S/C24H24ClN3O3/c1-30-22-15-19(7-9-21(22)31-17-18-5-3-2-4-6-18)24(29)28-13-11-27(12-14-28)23-10-8-20(25)16-26-23/h2-10,15-16H,11-14,17H2,1H3. The molecule has 1 aromatic heterocycles. The molecule has 0 N–H and O–H groups in total. The molecule has 2 aromatic carbocycles. The smallest absolute Gasteiger partial charge is 0.254 e. The van der Waals surface area contributed by atoms with Gasteiger partial charge in [-0.05, 0) is 35.9 Å². The topological polar surface area (TPSA) is 54.9 Å². The minimum atomic E-state index is -0.0170. The molecule has 31 heavy (non-hydrogen) atoms. The highest BCUT2D eigenvalue weighted by Gasteiger charge is 2.23. The summed E-state index contributed by atoms with van der Waals surface area (Å²) in [4.78, 5) is 21.4. The number of ether oxygens (including phenoxy) is 2. The quantitative estimate of drug-likeness (QED) is 0.576. The maximum absolute atomic E-state index is 13.0. The van der Waals surface area contributed by atoms with E-state index in [9.17, 15) is 4.79 Å². The molecule has 2 heterocycles. The summed E-state index contributed by atoms with van der Waals surface area (Å²) in [5.41, 5.74) is 1.65. The van der Waals surface area contributed by atoms with Crippen molar-refractivity contribution in [2.45, 2.75) is 6.61 Å². The van der Waals surface area contributed by atoms with Crippen LogP contribution in [0.5, 0.6) is 11.5 Å². The molecule has 0 saturated carbocycles. The first kappa shape index (κ1) is 21.0. The van der Waals surface area contributed by atoms with E-state index in [1.54, 1.807) is 31.5 Å². The molecule has 1 aliphatic rings. The Morgan fingerprint density at radius 1 is 1.00 bits per heavy atom. The second-order valence-electron chi connectivity index (χ2n) is 7.25. The van der Waals surface area contributed by atoms with Gasteiger partial charge < -0.3 is 19.3 Å². The first-order valence-corrected chi connectivity index (χ1v) is 10.5. The van der Waals surface area contributed by atoms with Gasteiger partial charge in [-0.3, -0.25) is 4.79 Å². The molecule has 4 rings (SSSR count). The number of aromatic nitrogens is 1. The monoisotopic (exact) mass is 437 g/mol. The lowest BCUT2D eigenvalue weighted by Crippen LogP contribution is -2.49. The molecule has 0 bridgehead atoms. The van der Waals surface area contributed by atoms with Gasteiger partial charge in [0.15, 0.2) is 11.5 Å². The van der Waals surface area contributed by atoms with Gasteiger partial charge in [-0.2, -0.15) is 0 Å². The summed E-state index contributed by atoms with van der Waals surface area (Å²) < 4.78 is 11.4. The number of benzene rings is 2. The van der Waals surface area contributed by atoms with Crippen LogP contribution in [0.2, 0.25) is 5.02 Å². The van der Waals surface area contributed by atoms with E-state index in [-0.39, 0.29) is 5.91 Å². The van der Waals surface area contributed by atoms with E-state index < -0.39 is 0 Å². The zero-order valence-electron chi connectivity index (χ0n) is 17.3. The number of amides is 1. The number of carbonyl (C=O) groups excluding carboxylic acids is 1. The van der Waals surface area contributed by atoms with Crippen molar-refractivity contribution in [3.63, 3.8) is 0 Å². The number of halogens is 1. The van der Waals surface area contributed by atoms with Gasteiger partial charge >= 0.3 is 0 Å². The molecule has 6 nitrogen and oxygen atoms in total. The molecule has 0 spiro atoms. The summed E-state index contributed by atoms with van der Waals surface area (Å²) in [6.45, 7) is 3.12. The van der Waals surface area contributed by atoms with Crippen LogP contribution in [0.15, 0.2) is 66.9 Å². The number of rotatable bonds is 6. The maximum Gasteiger partial charge on any atom is 0.254 e. The zero-order valence-corrected chi connectivity index (χ0v) is 18.1. The van der Waals surface area contributed by atoms with Crippen LogP contribution < -0.4 is 14.4 Å². The fourth-order valence-electron chi connectivity index (χ4n) is 3.53. The van der Waals surface area contributed by atoms with E-state index in [1.807, 2.05) is 47.4 Å². The SMILES string of the molecule is COc1cc(C(=O)N2CCN(c3ccc(Cl)cn3)CC2)ccc1OCc1ccccc1. The number of hydrogen-bond donors (Lipinski definition) is 0. The van der Waals surface area contributed by atoms with Gasteiger partial charge in [0.05, 0.1) is 12.1 Å². The first-order chi connectivity index (χ1) is 15.1. The molecule has 1 saturated heterocycles. The zero-order chi connectivity index (χ0) is 21.6. The summed E-state index contributed by atoms with van der Waals surface area (Å²) >= 11 is 5.92. The summed E-state index contributed by atoms with van der Waals surface area (Å²) in [5.74, 6) is 2.02. The van der Waals surface area contributed by atoms with Crippen molar-refractivity contribution in [3.05, 3.63) is 83.0 Å². The van der Waals surface area contributed by atoms with Crippen LogP contribution in [0.3, 0.4) is 0 Å². The van der Waals surface area contributed by atoms with Crippen LogP contribution in [-0.2, 0) is 6.61 Å². The van der Waals surface area contributed by atoms with Gasteiger partial charge in [0.1, 0.15) is 12.4 Å². The molecule has 0 unspecified atom stereocenters. The van der Waals surface area contributed by atoms with Crippen LogP contribution >= 0.6 is 11.6 Å². The fraction of sp³-hybridized carbons (Fsp3) is 0.250. The van der Waals surface area contributed by atoms with Crippen molar-refractivity contribution in [2.75, 3.05) is 38.2 Å². The van der Waals surface area contributed by atoms with Gasteiger partial charge in [-0.25, -0.2) is 4.98 Å². The predicted molar refractivity (Wildman–Crippen MR) is 121 cm³/mol. The Bertz CT molecular complexity index is 1020. The molecule has 0 aliphatic carbocycles. The average Bonchev–Trinajstić information content (AvgIpc) is 2.83. The molecule has 1 amide bonds. The lowest BCUT2D eigenvalue weighted by atomic mass is 10.1. The molecular formula is C24H24ClN3O3. The summed E-state index contributed by atoms with van der Waals surface area (Å²) in [7, 11) is 1.58.